The van der Waals surface area contributed by atoms with E-state index in [0.717, 1.165) is 12.5 Å². The molecule has 1 saturated heterocycles. The van der Waals surface area contributed by atoms with E-state index in [-0.39, 0.29) is 5.25 Å². The summed E-state index contributed by atoms with van der Waals surface area (Å²) in [4.78, 5) is 14.5. The molecule has 17 heavy (non-hydrogen) atoms. The van der Waals surface area contributed by atoms with Gasteiger partial charge < -0.3 is 4.90 Å². The van der Waals surface area contributed by atoms with E-state index in [9.17, 15) is 4.79 Å². The minimum atomic E-state index is 0.138. The monoisotopic (exact) mass is 255 g/mol. The molecule has 1 heterocycles. The van der Waals surface area contributed by atoms with Crippen molar-refractivity contribution in [1.29, 1.82) is 0 Å². The first-order chi connectivity index (χ1) is 8.24. The smallest absolute Gasteiger partial charge is 0.235 e. The van der Waals surface area contributed by atoms with Gasteiger partial charge >= 0.3 is 0 Å². The van der Waals surface area contributed by atoms with Crippen LogP contribution in [0.4, 0.5) is 0 Å². The first-order valence-corrected chi connectivity index (χ1v) is 8.36. The minimum Gasteiger partial charge on any atom is -0.338 e. The van der Waals surface area contributed by atoms with Gasteiger partial charge in [-0.05, 0) is 44.8 Å². The van der Waals surface area contributed by atoms with E-state index in [4.69, 9.17) is 0 Å². The van der Waals surface area contributed by atoms with Crippen molar-refractivity contribution in [1.82, 2.24) is 4.90 Å². The van der Waals surface area contributed by atoms with Gasteiger partial charge in [-0.3, -0.25) is 4.79 Å². The van der Waals surface area contributed by atoms with Crippen molar-refractivity contribution in [2.75, 3.05) is 12.8 Å². The average Bonchev–Trinajstić information content (AvgIpc) is 2.87. The molecule has 2 fully saturated rings. The Morgan fingerprint density at radius 1 is 1.18 bits per heavy atom. The predicted molar refractivity (Wildman–Crippen MR) is 74.3 cm³/mol. The maximum Gasteiger partial charge on any atom is 0.235 e. The lowest BCUT2D eigenvalue weighted by Crippen LogP contribution is -2.44. The molecule has 2 atom stereocenters. The Bertz CT molecular complexity index is 263. The Hall–Kier alpha value is -0.180. The van der Waals surface area contributed by atoms with Crippen LogP contribution in [0.15, 0.2) is 0 Å². The summed E-state index contributed by atoms with van der Waals surface area (Å²) in [5.74, 6) is 1.18. The molecule has 0 aromatic heterocycles. The zero-order valence-electron chi connectivity index (χ0n) is 11.2. The third-order valence-electron chi connectivity index (χ3n) is 4.48. The molecule has 0 N–H and O–H groups in total. The van der Waals surface area contributed by atoms with Gasteiger partial charge in [0.05, 0.1) is 5.25 Å². The summed E-state index contributed by atoms with van der Waals surface area (Å²) in [5, 5.41) is 0.138. The molecule has 1 aliphatic carbocycles. The molecule has 0 aromatic carbocycles. The van der Waals surface area contributed by atoms with Gasteiger partial charge in [-0.1, -0.05) is 19.3 Å². The van der Waals surface area contributed by atoms with E-state index in [2.05, 4.69) is 4.90 Å². The van der Waals surface area contributed by atoms with Crippen LogP contribution in [0.2, 0.25) is 0 Å². The SMILES string of the molecule is CS[C@H](C)C(=O)N1CCC[C@@H]1C1CCCCC1. The van der Waals surface area contributed by atoms with Crippen LogP contribution in [0.5, 0.6) is 0 Å². The van der Waals surface area contributed by atoms with E-state index < -0.39 is 0 Å². The van der Waals surface area contributed by atoms with Gasteiger partial charge in [0, 0.05) is 12.6 Å². The van der Waals surface area contributed by atoms with Crippen LogP contribution < -0.4 is 0 Å². The number of likely N-dealkylation sites (tertiary alicyclic amines) is 1. The summed E-state index contributed by atoms with van der Waals surface area (Å²) >= 11 is 1.68. The fourth-order valence-corrected chi connectivity index (χ4v) is 3.75. The quantitative estimate of drug-likeness (QED) is 0.771. The van der Waals surface area contributed by atoms with Gasteiger partial charge in [-0.2, -0.15) is 11.8 Å². The Balaban J connectivity index is 1.98. The van der Waals surface area contributed by atoms with Gasteiger partial charge in [0.15, 0.2) is 0 Å². The van der Waals surface area contributed by atoms with Crippen LogP contribution in [0.1, 0.15) is 51.9 Å². The van der Waals surface area contributed by atoms with Crippen LogP contribution in [0.25, 0.3) is 0 Å². The minimum absolute atomic E-state index is 0.138. The molecule has 0 aromatic rings. The van der Waals surface area contributed by atoms with Crippen molar-refractivity contribution in [3.05, 3.63) is 0 Å². The molecule has 1 amide bonds. The fraction of sp³-hybridized carbons (Fsp3) is 0.929. The Kier molecular flexibility index (Phi) is 4.78. The van der Waals surface area contributed by atoms with Gasteiger partial charge in [0.1, 0.15) is 0 Å². The number of hydrogen-bond acceptors (Lipinski definition) is 2. The number of rotatable bonds is 3. The number of hydrogen-bond donors (Lipinski definition) is 0. The van der Waals surface area contributed by atoms with Gasteiger partial charge in [0.25, 0.3) is 0 Å². The summed E-state index contributed by atoms with van der Waals surface area (Å²) in [6, 6.07) is 0.567. The summed E-state index contributed by atoms with van der Waals surface area (Å²) in [6.07, 6.45) is 11.4. The van der Waals surface area contributed by atoms with Gasteiger partial charge in [-0.25, -0.2) is 0 Å². The van der Waals surface area contributed by atoms with Gasteiger partial charge in [-0.15, -0.1) is 0 Å². The van der Waals surface area contributed by atoms with E-state index in [0.29, 0.717) is 11.9 Å². The van der Waals surface area contributed by atoms with E-state index in [1.54, 1.807) is 11.8 Å². The highest BCUT2D eigenvalue weighted by Gasteiger charge is 2.36. The highest BCUT2D eigenvalue weighted by atomic mass is 32.2. The van der Waals surface area contributed by atoms with Crippen LogP contribution in [-0.4, -0.2) is 34.9 Å². The third-order valence-corrected chi connectivity index (χ3v) is 5.39. The summed E-state index contributed by atoms with van der Waals surface area (Å²) < 4.78 is 0. The maximum absolute atomic E-state index is 12.3. The molecule has 98 valence electrons. The number of amides is 1. The second kappa shape index (κ2) is 6.12. The molecule has 2 nitrogen and oxygen atoms in total. The predicted octanol–water partition coefficient (Wildman–Crippen LogP) is 3.31. The Morgan fingerprint density at radius 3 is 2.53 bits per heavy atom. The van der Waals surface area contributed by atoms with E-state index in [1.165, 1.54) is 44.9 Å². The average molecular weight is 255 g/mol. The van der Waals surface area contributed by atoms with Crippen molar-refractivity contribution < 1.29 is 4.79 Å². The highest BCUT2D eigenvalue weighted by molar-refractivity contribution is 7.99. The number of carbonyl (C=O) groups is 1. The van der Waals surface area contributed by atoms with Crippen molar-refractivity contribution in [2.45, 2.75) is 63.2 Å². The fourth-order valence-electron chi connectivity index (χ4n) is 3.41. The zero-order chi connectivity index (χ0) is 12.3. The first-order valence-electron chi connectivity index (χ1n) is 7.07. The molecule has 1 aliphatic heterocycles. The topological polar surface area (TPSA) is 20.3 Å². The number of carbonyl (C=O) groups excluding carboxylic acids is 1. The molecule has 0 unspecified atom stereocenters. The molecule has 0 radical (unpaired) electrons. The molecule has 3 heteroatoms. The van der Waals surface area contributed by atoms with Crippen molar-refractivity contribution in [3.8, 4) is 0 Å². The van der Waals surface area contributed by atoms with Gasteiger partial charge in [0.2, 0.25) is 5.91 Å². The highest BCUT2D eigenvalue weighted by Crippen LogP contribution is 2.35. The summed E-state index contributed by atoms with van der Waals surface area (Å²) in [7, 11) is 0. The number of nitrogens with zero attached hydrogens (tertiary/aromatic N) is 1. The van der Waals surface area contributed by atoms with E-state index in [1.807, 2.05) is 13.2 Å². The van der Waals surface area contributed by atoms with Crippen LogP contribution in [-0.2, 0) is 4.79 Å². The lowest BCUT2D eigenvalue weighted by Gasteiger charge is -2.35. The van der Waals surface area contributed by atoms with Crippen LogP contribution >= 0.6 is 11.8 Å². The second-order valence-electron chi connectivity index (χ2n) is 5.52. The second-order valence-corrected chi connectivity index (χ2v) is 6.70. The molecule has 2 rings (SSSR count). The molecule has 2 aliphatic rings. The van der Waals surface area contributed by atoms with E-state index >= 15 is 0 Å². The van der Waals surface area contributed by atoms with Crippen molar-refractivity contribution in [3.63, 3.8) is 0 Å². The Morgan fingerprint density at radius 2 is 1.88 bits per heavy atom. The maximum atomic E-state index is 12.3. The normalized spacial score (nSPS) is 28.4. The number of thioether (sulfide) groups is 1. The molecule has 0 spiro atoms. The largest absolute Gasteiger partial charge is 0.338 e. The summed E-state index contributed by atoms with van der Waals surface area (Å²) in [5.41, 5.74) is 0. The first kappa shape index (κ1) is 13.3. The standard InChI is InChI=1S/C14H25NOS/c1-11(17-2)14(16)15-10-6-9-13(15)12-7-4-3-5-8-12/h11-13H,3-10H2,1-2H3/t11-,13-/m1/s1. The lowest BCUT2D eigenvalue weighted by atomic mass is 9.83. The summed E-state index contributed by atoms with van der Waals surface area (Å²) in [6.45, 7) is 3.05. The zero-order valence-corrected chi connectivity index (χ0v) is 12.0. The Labute approximate surface area is 110 Å². The van der Waals surface area contributed by atoms with Crippen LogP contribution in [0.3, 0.4) is 0 Å². The van der Waals surface area contributed by atoms with Crippen LogP contribution in [0, 0.1) is 5.92 Å². The molecule has 1 saturated carbocycles. The molecule has 0 bridgehead atoms. The molecular formula is C14H25NOS. The van der Waals surface area contributed by atoms with Crippen molar-refractivity contribution >= 4 is 17.7 Å². The lowest BCUT2D eigenvalue weighted by molar-refractivity contribution is -0.132. The van der Waals surface area contributed by atoms with Crippen molar-refractivity contribution in [2.24, 2.45) is 5.92 Å². The third kappa shape index (κ3) is 2.98. The molecular weight excluding hydrogens is 230 g/mol.